The zero-order valence-corrected chi connectivity index (χ0v) is 35.2. The van der Waals surface area contributed by atoms with E-state index in [1.807, 2.05) is 48.5 Å². The second kappa shape index (κ2) is 33.1. The van der Waals surface area contributed by atoms with Crippen LogP contribution in [0.3, 0.4) is 0 Å². The molecular weight excluding hydrogens is 745 g/mol. The summed E-state index contributed by atoms with van der Waals surface area (Å²) >= 11 is 0. The number of amides is 6. The monoisotopic (exact) mass is 815 g/mol. The first kappa shape index (κ1) is 51.1. The Bertz CT molecular complexity index is 1430. The summed E-state index contributed by atoms with van der Waals surface area (Å²) in [6.07, 6.45) is 9.56. The maximum atomic E-state index is 12.7. The van der Waals surface area contributed by atoms with Gasteiger partial charge in [0.05, 0.1) is 13.2 Å². The summed E-state index contributed by atoms with van der Waals surface area (Å²) in [5.41, 5.74) is 0. The molecule has 0 spiro atoms. The first-order valence-corrected chi connectivity index (χ1v) is 20.8. The highest BCUT2D eigenvalue weighted by Gasteiger charge is 2.20. The molecule has 326 valence electrons. The molecule has 0 bridgehead atoms. The standard InChI is InChI=1S/C43H70N6O9/c1-33(51)44-26-15-11-24-40(48-35(3)53)42(55)46-28-13-5-6-17-30-57-38-20-8-7-9-21-39(23-18-22-38)58-32-37(31-50)19-10-14-29-47-43(56)41(49-36(4)54)25-12-16-27-45-34(2)52/h7-9,18,20-23,37,40-41,50H,5-6,10-17,19,24-32H2,1-4H3,(H,44,51)(H,45,52)(H,46,55)(H,47,56)(H,48,53)(H,49,54)/t37-,40+,41+/m1/s1. The van der Waals surface area contributed by atoms with Crippen molar-refractivity contribution in [1.29, 1.82) is 0 Å². The zero-order chi connectivity index (χ0) is 42.8. The van der Waals surface area contributed by atoms with Gasteiger partial charge in [0.1, 0.15) is 23.6 Å². The highest BCUT2D eigenvalue weighted by molar-refractivity contribution is 5.87. The van der Waals surface area contributed by atoms with Crippen molar-refractivity contribution in [3.05, 3.63) is 48.5 Å². The molecule has 1 aromatic rings. The Morgan fingerprint density at radius 1 is 0.500 bits per heavy atom. The van der Waals surface area contributed by atoms with E-state index in [-0.39, 0.29) is 48.0 Å². The van der Waals surface area contributed by atoms with Gasteiger partial charge >= 0.3 is 0 Å². The van der Waals surface area contributed by atoms with Crippen LogP contribution in [0.1, 0.15) is 111 Å². The van der Waals surface area contributed by atoms with Gasteiger partial charge in [0.2, 0.25) is 35.4 Å². The molecule has 7 N–H and O–H groups in total. The van der Waals surface area contributed by atoms with E-state index >= 15 is 0 Å². The van der Waals surface area contributed by atoms with Crippen LogP contribution in [0.2, 0.25) is 0 Å². The Morgan fingerprint density at radius 3 is 1.41 bits per heavy atom. The van der Waals surface area contributed by atoms with E-state index < -0.39 is 12.1 Å². The molecular formula is C43H70N6O9. The summed E-state index contributed by atoms with van der Waals surface area (Å²) < 4.78 is 12.0. The Hall–Kier alpha value is -4.92. The third kappa shape index (κ3) is 28.5. The van der Waals surface area contributed by atoms with E-state index in [2.05, 4.69) is 31.9 Å². The van der Waals surface area contributed by atoms with E-state index in [0.29, 0.717) is 89.4 Å². The molecule has 0 unspecified atom stereocenters. The number of hydrogen-bond donors (Lipinski definition) is 7. The second-order valence-electron chi connectivity index (χ2n) is 14.4. The number of aliphatic hydroxyl groups is 1. The Balaban J connectivity index is 2.41. The average molecular weight is 815 g/mol. The quantitative estimate of drug-likeness (QED) is 0.0543. The van der Waals surface area contributed by atoms with Crippen LogP contribution in [0.25, 0.3) is 0 Å². The minimum atomic E-state index is -0.623. The van der Waals surface area contributed by atoms with Gasteiger partial charge < -0.3 is 46.5 Å². The largest absolute Gasteiger partial charge is 0.494 e. The summed E-state index contributed by atoms with van der Waals surface area (Å²) in [5, 5.41) is 26.7. The van der Waals surface area contributed by atoms with Crippen molar-refractivity contribution in [2.45, 2.75) is 123 Å². The predicted octanol–water partition coefficient (Wildman–Crippen LogP) is 3.76. The lowest BCUT2D eigenvalue weighted by Gasteiger charge is -2.18. The summed E-state index contributed by atoms with van der Waals surface area (Å²) in [6.45, 7) is 8.60. The van der Waals surface area contributed by atoms with Crippen molar-refractivity contribution in [2.75, 3.05) is 46.0 Å². The maximum absolute atomic E-state index is 12.7. The van der Waals surface area contributed by atoms with E-state index in [4.69, 9.17) is 9.47 Å². The van der Waals surface area contributed by atoms with Crippen LogP contribution in [-0.2, 0) is 28.8 Å². The van der Waals surface area contributed by atoms with Crippen molar-refractivity contribution in [2.24, 2.45) is 5.92 Å². The minimum Gasteiger partial charge on any atom is -0.494 e. The van der Waals surface area contributed by atoms with Crippen LogP contribution in [0.5, 0.6) is 11.5 Å². The molecule has 1 rings (SSSR count). The number of ether oxygens (including phenoxy) is 2. The van der Waals surface area contributed by atoms with Gasteiger partial charge in [0.25, 0.3) is 0 Å². The molecule has 0 saturated heterocycles. The number of rotatable bonds is 31. The van der Waals surface area contributed by atoms with Crippen molar-refractivity contribution < 1.29 is 43.3 Å². The van der Waals surface area contributed by atoms with E-state index in [1.54, 1.807) is 0 Å². The lowest BCUT2D eigenvalue weighted by Crippen LogP contribution is -2.46. The molecule has 0 aliphatic carbocycles. The lowest BCUT2D eigenvalue weighted by molar-refractivity contribution is -0.128. The molecule has 58 heavy (non-hydrogen) atoms. The smallest absolute Gasteiger partial charge is 0.242 e. The van der Waals surface area contributed by atoms with Crippen molar-refractivity contribution in [3.8, 4) is 11.5 Å². The predicted molar refractivity (Wildman–Crippen MR) is 224 cm³/mol. The second-order valence-corrected chi connectivity index (χ2v) is 14.4. The number of unbranched alkanes of at least 4 members (excludes halogenated alkanes) is 6. The topological polar surface area (TPSA) is 213 Å². The molecule has 0 aliphatic rings. The van der Waals surface area contributed by atoms with Crippen LogP contribution in [0, 0.1) is 5.92 Å². The maximum Gasteiger partial charge on any atom is 0.242 e. The number of aliphatic hydroxyl groups excluding tert-OH is 1. The van der Waals surface area contributed by atoms with Gasteiger partial charge in [-0.15, -0.1) is 0 Å². The first-order chi connectivity index (χ1) is 27.9. The molecule has 15 nitrogen and oxygen atoms in total. The summed E-state index contributed by atoms with van der Waals surface area (Å²) in [5.74, 6) is 0.142. The van der Waals surface area contributed by atoms with Crippen LogP contribution < -0.4 is 41.4 Å². The van der Waals surface area contributed by atoms with Crippen LogP contribution >= 0.6 is 0 Å². The molecule has 1 aromatic carbocycles. The molecule has 0 fully saturated rings. The van der Waals surface area contributed by atoms with Gasteiger partial charge in [-0.2, -0.15) is 0 Å². The van der Waals surface area contributed by atoms with E-state index in [9.17, 15) is 33.9 Å². The fourth-order valence-electron chi connectivity index (χ4n) is 5.85. The normalized spacial score (nSPS) is 12.1. The highest BCUT2D eigenvalue weighted by atomic mass is 16.5. The molecule has 0 aliphatic heterocycles. The third-order valence-corrected chi connectivity index (χ3v) is 8.96. The molecule has 0 heterocycles. The fraction of sp³-hybridized carbons (Fsp3) is 0.628. The van der Waals surface area contributed by atoms with Gasteiger partial charge in [0, 0.05) is 66.4 Å². The van der Waals surface area contributed by atoms with E-state index in [0.717, 1.165) is 44.9 Å². The number of nitrogens with one attached hydrogen (secondary N) is 6. The molecule has 6 amide bonds. The SMILES string of the molecule is CC(=O)NCCCC[C@H](NC(C)=O)C(=O)NCCCCCCOc1cccccc(OC[C@@H](CO)CCCCNC(=O)[C@H](CCCCNC(C)=O)NC(C)=O)ccc1. The van der Waals surface area contributed by atoms with Gasteiger partial charge in [-0.1, -0.05) is 43.5 Å². The van der Waals surface area contributed by atoms with Gasteiger partial charge in [0.15, 0.2) is 0 Å². The first-order valence-electron chi connectivity index (χ1n) is 20.8. The van der Waals surface area contributed by atoms with Crippen molar-refractivity contribution >= 4 is 35.4 Å². The van der Waals surface area contributed by atoms with E-state index in [1.165, 1.54) is 27.7 Å². The Kier molecular flexibility index (Phi) is 29.2. The number of carbonyl (C=O) groups is 6. The molecule has 0 aromatic heterocycles. The van der Waals surface area contributed by atoms with Crippen molar-refractivity contribution in [3.63, 3.8) is 0 Å². The van der Waals surface area contributed by atoms with Crippen molar-refractivity contribution in [1.82, 2.24) is 31.9 Å². The fourth-order valence-corrected chi connectivity index (χ4v) is 5.85. The highest BCUT2D eigenvalue weighted by Crippen LogP contribution is 2.15. The minimum absolute atomic E-state index is 0.0281. The molecule has 0 saturated carbocycles. The lowest BCUT2D eigenvalue weighted by atomic mass is 10.0. The van der Waals surface area contributed by atoms with Gasteiger partial charge in [-0.25, -0.2) is 0 Å². The Labute approximate surface area is 345 Å². The van der Waals surface area contributed by atoms with Crippen LogP contribution in [0.15, 0.2) is 48.5 Å². The van der Waals surface area contributed by atoms with Gasteiger partial charge in [-0.05, 0) is 88.5 Å². The Morgan fingerprint density at radius 2 is 0.931 bits per heavy atom. The molecule has 3 atom stereocenters. The number of carbonyl (C=O) groups excluding carboxylic acids is 6. The molecule has 15 heteroatoms. The summed E-state index contributed by atoms with van der Waals surface area (Å²) in [4.78, 5) is 70.6. The molecule has 0 radical (unpaired) electrons. The van der Waals surface area contributed by atoms with Gasteiger partial charge in [-0.3, -0.25) is 28.8 Å². The van der Waals surface area contributed by atoms with Crippen LogP contribution in [0.4, 0.5) is 0 Å². The number of hydrogen-bond acceptors (Lipinski definition) is 9. The van der Waals surface area contributed by atoms with Crippen LogP contribution in [-0.4, -0.2) is 98.6 Å². The summed E-state index contributed by atoms with van der Waals surface area (Å²) in [6, 6.07) is 13.8. The third-order valence-electron chi connectivity index (χ3n) is 8.96. The summed E-state index contributed by atoms with van der Waals surface area (Å²) in [7, 11) is 0. The zero-order valence-electron chi connectivity index (χ0n) is 35.2. The average Bonchev–Trinajstić information content (AvgIpc) is 3.17.